The SMILES string of the molecule is CCN(C1CCCNC1)S(=O)(=O)c1ccc(Br)c(C)c1. The quantitative estimate of drug-likeness (QED) is 0.897. The fraction of sp³-hybridized carbons (Fsp3) is 0.571. The number of benzene rings is 1. The van der Waals surface area contributed by atoms with Gasteiger partial charge in [0, 0.05) is 23.6 Å². The molecule has 0 saturated carbocycles. The Morgan fingerprint density at radius 1 is 1.45 bits per heavy atom. The minimum atomic E-state index is -3.42. The van der Waals surface area contributed by atoms with Gasteiger partial charge in [-0.3, -0.25) is 0 Å². The Labute approximate surface area is 129 Å². The van der Waals surface area contributed by atoms with E-state index in [9.17, 15) is 8.42 Å². The van der Waals surface area contributed by atoms with E-state index < -0.39 is 10.0 Å². The zero-order chi connectivity index (χ0) is 14.8. The van der Waals surface area contributed by atoms with Gasteiger partial charge in [-0.15, -0.1) is 0 Å². The van der Waals surface area contributed by atoms with Gasteiger partial charge >= 0.3 is 0 Å². The Kier molecular flexibility index (Phi) is 5.23. The molecule has 1 unspecified atom stereocenters. The fourth-order valence-corrected chi connectivity index (χ4v) is 4.61. The molecule has 4 nitrogen and oxygen atoms in total. The number of piperidine rings is 1. The van der Waals surface area contributed by atoms with Crippen LogP contribution in [0.3, 0.4) is 0 Å². The highest BCUT2D eigenvalue weighted by atomic mass is 79.9. The molecule has 0 bridgehead atoms. The monoisotopic (exact) mass is 360 g/mol. The van der Waals surface area contributed by atoms with Gasteiger partial charge in [0.15, 0.2) is 0 Å². The lowest BCUT2D eigenvalue weighted by atomic mass is 10.1. The molecule has 6 heteroatoms. The summed E-state index contributed by atoms with van der Waals surface area (Å²) in [6.45, 7) is 6.03. The van der Waals surface area contributed by atoms with E-state index in [1.54, 1.807) is 22.5 Å². The van der Waals surface area contributed by atoms with Crippen molar-refractivity contribution in [1.29, 1.82) is 0 Å². The van der Waals surface area contributed by atoms with E-state index in [1.165, 1.54) is 0 Å². The van der Waals surface area contributed by atoms with Crippen molar-refractivity contribution >= 4 is 26.0 Å². The summed E-state index contributed by atoms with van der Waals surface area (Å²) in [5.41, 5.74) is 0.934. The molecule has 1 aromatic carbocycles. The predicted molar refractivity (Wildman–Crippen MR) is 84.3 cm³/mol. The molecule has 0 spiro atoms. The largest absolute Gasteiger partial charge is 0.315 e. The summed E-state index contributed by atoms with van der Waals surface area (Å²) < 4.78 is 28.2. The van der Waals surface area contributed by atoms with Crippen LogP contribution in [0.1, 0.15) is 25.3 Å². The zero-order valence-corrected chi connectivity index (χ0v) is 14.3. The van der Waals surface area contributed by atoms with Crippen LogP contribution in [-0.2, 0) is 10.0 Å². The third-order valence-corrected chi connectivity index (χ3v) is 6.64. The highest BCUT2D eigenvalue weighted by Gasteiger charge is 2.31. The van der Waals surface area contributed by atoms with E-state index in [0.717, 1.165) is 36.0 Å². The van der Waals surface area contributed by atoms with E-state index in [0.29, 0.717) is 11.4 Å². The van der Waals surface area contributed by atoms with Crippen LogP contribution in [0.2, 0.25) is 0 Å². The first-order chi connectivity index (χ1) is 9.46. The second-order valence-electron chi connectivity index (χ2n) is 5.12. The molecule has 1 saturated heterocycles. The Morgan fingerprint density at radius 2 is 2.20 bits per heavy atom. The topological polar surface area (TPSA) is 49.4 Å². The van der Waals surface area contributed by atoms with Gasteiger partial charge in [-0.25, -0.2) is 8.42 Å². The summed E-state index contributed by atoms with van der Waals surface area (Å²) in [7, 11) is -3.42. The number of halogens is 1. The number of rotatable bonds is 4. The van der Waals surface area contributed by atoms with Gasteiger partial charge in [0.25, 0.3) is 0 Å². The summed E-state index contributed by atoms with van der Waals surface area (Å²) in [6, 6.07) is 5.27. The van der Waals surface area contributed by atoms with Crippen molar-refractivity contribution in [1.82, 2.24) is 9.62 Å². The maximum absolute atomic E-state index is 12.8. The molecular formula is C14H21BrN2O2S. The molecule has 2 rings (SSSR count). The smallest absolute Gasteiger partial charge is 0.243 e. The highest BCUT2D eigenvalue weighted by Crippen LogP contribution is 2.25. The van der Waals surface area contributed by atoms with Gasteiger partial charge in [0.2, 0.25) is 10.0 Å². The maximum atomic E-state index is 12.8. The summed E-state index contributed by atoms with van der Waals surface area (Å²) in [5, 5.41) is 3.28. The van der Waals surface area contributed by atoms with Gasteiger partial charge < -0.3 is 5.32 Å². The summed E-state index contributed by atoms with van der Waals surface area (Å²) in [6.07, 6.45) is 1.95. The number of hydrogen-bond donors (Lipinski definition) is 1. The number of aryl methyl sites for hydroxylation is 1. The lowest BCUT2D eigenvalue weighted by Gasteiger charge is -2.33. The number of hydrogen-bond acceptors (Lipinski definition) is 3. The Hall–Kier alpha value is -0.430. The molecule has 0 aromatic heterocycles. The van der Waals surface area contributed by atoms with Crippen molar-refractivity contribution < 1.29 is 8.42 Å². The van der Waals surface area contributed by atoms with Gasteiger partial charge in [-0.05, 0) is 50.1 Å². The molecule has 0 aliphatic carbocycles. The molecule has 20 heavy (non-hydrogen) atoms. The average Bonchev–Trinajstić information content (AvgIpc) is 2.43. The molecule has 0 amide bonds. The molecule has 0 radical (unpaired) electrons. The van der Waals surface area contributed by atoms with Crippen LogP contribution in [0.4, 0.5) is 0 Å². The van der Waals surface area contributed by atoms with Crippen LogP contribution >= 0.6 is 15.9 Å². The minimum absolute atomic E-state index is 0.0581. The molecular weight excluding hydrogens is 340 g/mol. The molecule has 1 aliphatic rings. The first-order valence-electron chi connectivity index (χ1n) is 6.95. The number of nitrogens with zero attached hydrogens (tertiary/aromatic N) is 1. The Balaban J connectivity index is 2.32. The summed E-state index contributed by atoms with van der Waals surface area (Å²) in [5.74, 6) is 0. The lowest BCUT2D eigenvalue weighted by molar-refractivity contribution is 0.274. The van der Waals surface area contributed by atoms with Gasteiger partial charge in [-0.1, -0.05) is 22.9 Å². The Bertz CT molecular complexity index is 569. The molecule has 1 N–H and O–H groups in total. The summed E-state index contributed by atoms with van der Waals surface area (Å²) >= 11 is 3.41. The van der Waals surface area contributed by atoms with Crippen molar-refractivity contribution in [3.05, 3.63) is 28.2 Å². The van der Waals surface area contributed by atoms with E-state index in [4.69, 9.17) is 0 Å². The van der Waals surface area contributed by atoms with E-state index in [-0.39, 0.29) is 6.04 Å². The molecule has 112 valence electrons. The Morgan fingerprint density at radius 3 is 2.75 bits per heavy atom. The van der Waals surface area contributed by atoms with Crippen LogP contribution in [0.5, 0.6) is 0 Å². The third-order valence-electron chi connectivity index (χ3n) is 3.73. The van der Waals surface area contributed by atoms with Gasteiger partial charge in [0.05, 0.1) is 4.90 Å². The van der Waals surface area contributed by atoms with Crippen LogP contribution in [0.25, 0.3) is 0 Å². The van der Waals surface area contributed by atoms with Crippen molar-refractivity contribution in [2.45, 2.75) is 37.6 Å². The van der Waals surface area contributed by atoms with Gasteiger partial charge in [0.1, 0.15) is 0 Å². The number of sulfonamides is 1. The normalized spacial score (nSPS) is 20.3. The van der Waals surface area contributed by atoms with Crippen molar-refractivity contribution in [3.8, 4) is 0 Å². The molecule has 1 fully saturated rings. The first-order valence-corrected chi connectivity index (χ1v) is 9.19. The number of nitrogens with one attached hydrogen (secondary N) is 1. The minimum Gasteiger partial charge on any atom is -0.315 e. The standard InChI is InChI=1S/C14H21BrN2O2S/c1-3-17(12-5-4-8-16-10-12)20(18,19)13-6-7-14(15)11(2)9-13/h6-7,9,12,16H,3-5,8,10H2,1-2H3. The second-order valence-corrected chi connectivity index (χ2v) is 7.86. The zero-order valence-electron chi connectivity index (χ0n) is 11.9. The van der Waals surface area contributed by atoms with E-state index in [1.807, 2.05) is 13.8 Å². The van der Waals surface area contributed by atoms with Crippen molar-refractivity contribution in [2.24, 2.45) is 0 Å². The third kappa shape index (κ3) is 3.24. The van der Waals surface area contributed by atoms with E-state index in [2.05, 4.69) is 21.2 Å². The highest BCUT2D eigenvalue weighted by molar-refractivity contribution is 9.10. The van der Waals surface area contributed by atoms with Crippen LogP contribution < -0.4 is 5.32 Å². The second kappa shape index (κ2) is 6.56. The van der Waals surface area contributed by atoms with Crippen LogP contribution in [0.15, 0.2) is 27.6 Å². The van der Waals surface area contributed by atoms with Crippen LogP contribution in [-0.4, -0.2) is 38.4 Å². The van der Waals surface area contributed by atoms with E-state index >= 15 is 0 Å². The molecule has 1 aromatic rings. The van der Waals surface area contributed by atoms with Crippen molar-refractivity contribution in [3.63, 3.8) is 0 Å². The van der Waals surface area contributed by atoms with Crippen LogP contribution in [0, 0.1) is 6.92 Å². The lowest BCUT2D eigenvalue weighted by Crippen LogP contribution is -2.48. The fourth-order valence-electron chi connectivity index (χ4n) is 2.62. The maximum Gasteiger partial charge on any atom is 0.243 e. The summed E-state index contributed by atoms with van der Waals surface area (Å²) in [4.78, 5) is 0.380. The molecule has 1 heterocycles. The first kappa shape index (κ1) is 15.9. The molecule has 1 aliphatic heterocycles. The average molecular weight is 361 g/mol. The molecule has 1 atom stereocenters. The van der Waals surface area contributed by atoms with Gasteiger partial charge in [-0.2, -0.15) is 4.31 Å². The number of likely N-dealkylation sites (N-methyl/N-ethyl adjacent to an activating group) is 1. The predicted octanol–water partition coefficient (Wildman–Crippen LogP) is 2.52. The van der Waals surface area contributed by atoms with Crippen molar-refractivity contribution in [2.75, 3.05) is 19.6 Å².